The van der Waals surface area contributed by atoms with Gasteiger partial charge in [0.25, 0.3) is 0 Å². The van der Waals surface area contributed by atoms with E-state index in [4.69, 9.17) is 10.4 Å². The standard InChI is InChI=1S/C14H10N2O2S/c1-9-4-5-12(10(7-9)8-15)19-13-11(14(17)18)3-2-6-16-13/h2-7H,1H3,(H,17,18). The molecule has 0 spiro atoms. The van der Waals surface area contributed by atoms with Crippen molar-refractivity contribution in [3.63, 3.8) is 0 Å². The molecule has 0 saturated carbocycles. The first-order valence-corrected chi connectivity index (χ1v) is 6.30. The Morgan fingerprint density at radius 2 is 2.21 bits per heavy atom. The number of aromatic carboxylic acids is 1. The summed E-state index contributed by atoms with van der Waals surface area (Å²) in [5.41, 5.74) is 1.64. The van der Waals surface area contributed by atoms with E-state index in [0.29, 0.717) is 15.5 Å². The van der Waals surface area contributed by atoms with Crippen molar-refractivity contribution in [3.8, 4) is 6.07 Å². The lowest BCUT2D eigenvalue weighted by Gasteiger charge is -2.06. The molecule has 1 aromatic carbocycles. The Kier molecular flexibility index (Phi) is 3.83. The van der Waals surface area contributed by atoms with Gasteiger partial charge in [0.1, 0.15) is 11.1 Å². The monoisotopic (exact) mass is 270 g/mol. The minimum atomic E-state index is -1.03. The number of carbonyl (C=O) groups is 1. The van der Waals surface area contributed by atoms with Gasteiger partial charge in [0.2, 0.25) is 0 Å². The fourth-order valence-corrected chi connectivity index (χ4v) is 2.50. The van der Waals surface area contributed by atoms with Crippen LogP contribution in [0.4, 0.5) is 0 Å². The molecule has 1 aromatic heterocycles. The lowest BCUT2D eigenvalue weighted by Crippen LogP contribution is -2.00. The first-order chi connectivity index (χ1) is 9.11. The normalized spacial score (nSPS) is 9.89. The van der Waals surface area contributed by atoms with Gasteiger partial charge < -0.3 is 5.11 Å². The van der Waals surface area contributed by atoms with Crippen LogP contribution in [0.25, 0.3) is 0 Å². The van der Waals surface area contributed by atoms with Crippen LogP contribution in [0.15, 0.2) is 46.5 Å². The van der Waals surface area contributed by atoms with Crippen LogP contribution in [0.1, 0.15) is 21.5 Å². The smallest absolute Gasteiger partial charge is 0.338 e. The summed E-state index contributed by atoms with van der Waals surface area (Å²) in [5.74, 6) is -1.03. The average molecular weight is 270 g/mol. The highest BCUT2D eigenvalue weighted by molar-refractivity contribution is 7.99. The third kappa shape index (κ3) is 2.92. The van der Waals surface area contributed by atoms with Crippen LogP contribution in [0.5, 0.6) is 0 Å². The summed E-state index contributed by atoms with van der Waals surface area (Å²) in [6.45, 7) is 1.90. The SMILES string of the molecule is Cc1ccc(Sc2ncccc2C(=O)O)c(C#N)c1. The molecule has 0 unspecified atom stereocenters. The van der Waals surface area contributed by atoms with Crippen molar-refractivity contribution in [1.29, 1.82) is 5.26 Å². The third-order valence-electron chi connectivity index (χ3n) is 2.46. The Hall–Kier alpha value is -2.32. The summed E-state index contributed by atoms with van der Waals surface area (Å²) >= 11 is 1.19. The zero-order valence-corrected chi connectivity index (χ0v) is 10.9. The van der Waals surface area contributed by atoms with Crippen LogP contribution >= 0.6 is 11.8 Å². The van der Waals surface area contributed by atoms with Crippen molar-refractivity contribution in [3.05, 3.63) is 53.2 Å². The van der Waals surface area contributed by atoms with E-state index in [-0.39, 0.29) is 5.56 Å². The number of aromatic nitrogens is 1. The first kappa shape index (κ1) is 13.1. The van der Waals surface area contributed by atoms with Gasteiger partial charge in [-0.25, -0.2) is 9.78 Å². The molecule has 0 atom stereocenters. The Labute approximate surface area is 114 Å². The van der Waals surface area contributed by atoms with Crippen molar-refractivity contribution < 1.29 is 9.90 Å². The number of rotatable bonds is 3. The number of benzene rings is 1. The van der Waals surface area contributed by atoms with Gasteiger partial charge in [0.05, 0.1) is 11.1 Å². The summed E-state index contributed by atoms with van der Waals surface area (Å²) in [7, 11) is 0. The molecule has 1 heterocycles. The molecule has 0 aliphatic heterocycles. The second-order valence-corrected chi connectivity index (χ2v) is 4.91. The van der Waals surface area contributed by atoms with Gasteiger partial charge in [-0.2, -0.15) is 5.26 Å². The highest BCUT2D eigenvalue weighted by Crippen LogP contribution is 2.31. The van der Waals surface area contributed by atoms with Crippen molar-refractivity contribution in [1.82, 2.24) is 4.98 Å². The molecule has 5 heteroatoms. The molecule has 0 radical (unpaired) electrons. The Balaban J connectivity index is 2.43. The molecular weight excluding hydrogens is 260 g/mol. The number of hydrogen-bond donors (Lipinski definition) is 1. The van der Waals surface area contributed by atoms with Crippen LogP contribution in [0, 0.1) is 18.3 Å². The van der Waals surface area contributed by atoms with Gasteiger partial charge in [0.15, 0.2) is 0 Å². The van der Waals surface area contributed by atoms with Crippen molar-refractivity contribution in [2.45, 2.75) is 16.8 Å². The van der Waals surface area contributed by atoms with E-state index in [0.717, 1.165) is 5.56 Å². The summed E-state index contributed by atoms with van der Waals surface area (Å²) in [5, 5.41) is 18.6. The van der Waals surface area contributed by atoms with Crippen LogP contribution in [0.2, 0.25) is 0 Å². The topological polar surface area (TPSA) is 74.0 Å². The second kappa shape index (κ2) is 5.55. The van der Waals surface area contributed by atoms with E-state index in [1.165, 1.54) is 24.0 Å². The van der Waals surface area contributed by atoms with Gasteiger partial charge in [-0.1, -0.05) is 17.8 Å². The fraction of sp³-hybridized carbons (Fsp3) is 0.0714. The lowest BCUT2D eigenvalue weighted by atomic mass is 10.2. The molecule has 0 bridgehead atoms. The Morgan fingerprint density at radius 3 is 2.89 bits per heavy atom. The molecule has 94 valence electrons. The molecule has 4 nitrogen and oxygen atoms in total. The van der Waals surface area contributed by atoms with Crippen LogP contribution in [0.3, 0.4) is 0 Å². The minimum Gasteiger partial charge on any atom is -0.478 e. The van der Waals surface area contributed by atoms with Gasteiger partial charge in [-0.05, 0) is 36.8 Å². The molecule has 0 fully saturated rings. The molecule has 0 aliphatic rings. The van der Waals surface area contributed by atoms with Crippen LogP contribution < -0.4 is 0 Å². The Bertz CT molecular complexity index is 677. The van der Waals surface area contributed by atoms with Crippen LogP contribution in [-0.4, -0.2) is 16.1 Å². The minimum absolute atomic E-state index is 0.136. The number of aryl methyl sites for hydroxylation is 1. The van der Waals surface area contributed by atoms with E-state index < -0.39 is 5.97 Å². The Morgan fingerprint density at radius 1 is 1.42 bits per heavy atom. The van der Waals surface area contributed by atoms with E-state index in [1.807, 2.05) is 13.0 Å². The highest BCUT2D eigenvalue weighted by Gasteiger charge is 2.13. The summed E-state index contributed by atoms with van der Waals surface area (Å²) < 4.78 is 0. The van der Waals surface area contributed by atoms with Gasteiger partial charge in [-0.3, -0.25) is 0 Å². The summed E-state index contributed by atoms with van der Waals surface area (Å²) in [4.78, 5) is 15.9. The predicted octanol–water partition coefficient (Wildman–Crippen LogP) is 3.11. The molecule has 0 aliphatic carbocycles. The number of carboxylic acid groups (broad SMARTS) is 1. The molecule has 0 saturated heterocycles. The predicted molar refractivity (Wildman–Crippen MR) is 71.2 cm³/mol. The third-order valence-corrected chi connectivity index (χ3v) is 3.56. The van der Waals surface area contributed by atoms with Crippen molar-refractivity contribution >= 4 is 17.7 Å². The molecule has 0 amide bonds. The maximum Gasteiger partial charge on any atom is 0.338 e. The zero-order chi connectivity index (χ0) is 13.8. The number of carboxylic acids is 1. The summed E-state index contributed by atoms with van der Waals surface area (Å²) in [6, 6.07) is 10.6. The molecule has 2 rings (SSSR count). The van der Waals surface area contributed by atoms with E-state index in [1.54, 1.807) is 18.2 Å². The van der Waals surface area contributed by atoms with E-state index in [2.05, 4.69) is 11.1 Å². The largest absolute Gasteiger partial charge is 0.478 e. The average Bonchev–Trinajstić information content (AvgIpc) is 2.41. The van der Waals surface area contributed by atoms with Gasteiger partial charge >= 0.3 is 5.97 Å². The van der Waals surface area contributed by atoms with E-state index in [9.17, 15) is 4.79 Å². The first-order valence-electron chi connectivity index (χ1n) is 5.48. The van der Waals surface area contributed by atoms with Gasteiger partial charge in [0, 0.05) is 11.1 Å². The zero-order valence-electron chi connectivity index (χ0n) is 10.1. The molecular formula is C14H10N2O2S. The molecule has 19 heavy (non-hydrogen) atoms. The van der Waals surface area contributed by atoms with Crippen molar-refractivity contribution in [2.24, 2.45) is 0 Å². The number of nitrogens with zero attached hydrogens (tertiary/aromatic N) is 2. The maximum atomic E-state index is 11.1. The van der Waals surface area contributed by atoms with Crippen LogP contribution in [-0.2, 0) is 0 Å². The summed E-state index contributed by atoms with van der Waals surface area (Å²) in [6.07, 6.45) is 1.54. The number of pyridine rings is 1. The second-order valence-electron chi connectivity index (χ2n) is 3.87. The molecule has 2 aromatic rings. The van der Waals surface area contributed by atoms with Gasteiger partial charge in [-0.15, -0.1) is 0 Å². The number of hydrogen-bond acceptors (Lipinski definition) is 4. The number of nitriles is 1. The fourth-order valence-electron chi connectivity index (χ4n) is 1.56. The maximum absolute atomic E-state index is 11.1. The highest BCUT2D eigenvalue weighted by atomic mass is 32.2. The van der Waals surface area contributed by atoms with E-state index >= 15 is 0 Å². The van der Waals surface area contributed by atoms with Crippen molar-refractivity contribution in [2.75, 3.05) is 0 Å². The molecule has 1 N–H and O–H groups in total. The lowest BCUT2D eigenvalue weighted by molar-refractivity contribution is 0.0692. The quantitative estimate of drug-likeness (QED) is 0.927.